The highest BCUT2D eigenvalue weighted by Crippen LogP contribution is 2.09. The van der Waals surface area contributed by atoms with Gasteiger partial charge < -0.3 is 10.2 Å². The number of aliphatic hydroxyl groups is 1. The van der Waals surface area contributed by atoms with Crippen LogP contribution in [-0.2, 0) is 4.79 Å². The molecule has 0 bridgehead atoms. The second-order valence-electron chi connectivity index (χ2n) is 6.86. The van der Waals surface area contributed by atoms with E-state index in [0.29, 0.717) is 6.42 Å². The van der Waals surface area contributed by atoms with Gasteiger partial charge >= 0.3 is 5.97 Å². The molecular weight excluding hydrogens is 336 g/mol. The molecule has 0 saturated carbocycles. The third-order valence-electron chi connectivity index (χ3n) is 4.20. The van der Waals surface area contributed by atoms with Gasteiger partial charge in [0.2, 0.25) is 0 Å². The Kier molecular flexibility index (Phi) is 27.7. The number of hydrogen-bond acceptors (Lipinski definition) is 2. The molecule has 0 atom stereocenters. The third kappa shape index (κ3) is 32.8. The van der Waals surface area contributed by atoms with Crippen LogP contribution in [-0.4, -0.2) is 22.8 Å². The van der Waals surface area contributed by atoms with E-state index in [1.54, 1.807) is 12.2 Å². The summed E-state index contributed by atoms with van der Waals surface area (Å²) in [4.78, 5) is 10.3. The maximum atomic E-state index is 10.3. The molecule has 0 aromatic rings. The van der Waals surface area contributed by atoms with Gasteiger partial charge in [0.1, 0.15) is 0 Å². The number of rotatable bonds is 17. The van der Waals surface area contributed by atoms with Gasteiger partial charge in [0.05, 0.1) is 6.61 Å². The lowest BCUT2D eigenvalue weighted by molar-refractivity contribution is -0.137. The molecule has 0 rings (SSSR count). The second-order valence-corrected chi connectivity index (χ2v) is 6.86. The Hall–Kier alpha value is -1.35. The first-order valence-corrected chi connectivity index (χ1v) is 10.9. The minimum atomic E-state index is -0.664. The van der Waals surface area contributed by atoms with Crippen LogP contribution in [0, 0.1) is 0 Å². The van der Waals surface area contributed by atoms with E-state index in [1.807, 2.05) is 19.1 Å². The van der Waals surface area contributed by atoms with Crippen LogP contribution in [0.1, 0.15) is 104 Å². The minimum absolute atomic E-state index is 0.129. The number of carboxylic acid groups (broad SMARTS) is 1. The Balaban J connectivity index is 0. The molecule has 0 radical (unpaired) electrons. The summed E-state index contributed by atoms with van der Waals surface area (Å²) in [5.74, 6) is -0.664. The summed E-state index contributed by atoms with van der Waals surface area (Å²) in [5.41, 5.74) is 0. The number of allylic oxidation sites excluding steroid dienone is 5. The molecular formula is C24H44O3. The minimum Gasteiger partial charge on any atom is -0.481 e. The molecule has 27 heavy (non-hydrogen) atoms. The normalized spacial score (nSPS) is 11.4. The van der Waals surface area contributed by atoms with Gasteiger partial charge in [-0.3, -0.25) is 4.79 Å². The SMILES string of the molecule is C/C=C/C=C/CO.CCCCCCCC/C=C\CCCCCCCC(=O)O. The van der Waals surface area contributed by atoms with Crippen LogP contribution in [0.2, 0.25) is 0 Å². The smallest absolute Gasteiger partial charge is 0.303 e. The monoisotopic (exact) mass is 380 g/mol. The Bertz CT molecular complexity index is 370. The molecule has 0 saturated heterocycles. The third-order valence-corrected chi connectivity index (χ3v) is 4.20. The molecule has 0 unspecified atom stereocenters. The molecule has 3 heteroatoms. The summed E-state index contributed by atoms with van der Waals surface area (Å²) in [6, 6.07) is 0. The van der Waals surface area contributed by atoms with Gasteiger partial charge in [0, 0.05) is 6.42 Å². The van der Waals surface area contributed by atoms with Crippen molar-refractivity contribution in [2.24, 2.45) is 0 Å². The molecule has 0 fully saturated rings. The predicted octanol–water partition coefficient (Wildman–Crippen LogP) is 7.22. The first-order valence-electron chi connectivity index (χ1n) is 10.9. The van der Waals surface area contributed by atoms with E-state index in [1.165, 1.54) is 70.6 Å². The van der Waals surface area contributed by atoms with Crippen LogP contribution in [0.4, 0.5) is 0 Å². The van der Waals surface area contributed by atoms with Gasteiger partial charge in [-0.1, -0.05) is 94.7 Å². The van der Waals surface area contributed by atoms with Gasteiger partial charge in [-0.2, -0.15) is 0 Å². The van der Waals surface area contributed by atoms with E-state index in [-0.39, 0.29) is 6.61 Å². The molecule has 3 nitrogen and oxygen atoms in total. The largest absolute Gasteiger partial charge is 0.481 e. The van der Waals surface area contributed by atoms with Crippen molar-refractivity contribution in [3.8, 4) is 0 Å². The van der Waals surface area contributed by atoms with E-state index >= 15 is 0 Å². The van der Waals surface area contributed by atoms with E-state index < -0.39 is 5.97 Å². The van der Waals surface area contributed by atoms with E-state index in [4.69, 9.17) is 10.2 Å². The first-order chi connectivity index (χ1) is 13.2. The molecule has 0 spiro atoms. The zero-order valence-corrected chi connectivity index (χ0v) is 17.9. The van der Waals surface area contributed by atoms with Gasteiger partial charge in [-0.05, 0) is 39.0 Å². The van der Waals surface area contributed by atoms with Crippen LogP contribution >= 0.6 is 0 Å². The van der Waals surface area contributed by atoms with Crippen molar-refractivity contribution in [3.63, 3.8) is 0 Å². The molecule has 0 aromatic heterocycles. The lowest BCUT2D eigenvalue weighted by atomic mass is 10.1. The summed E-state index contributed by atoms with van der Waals surface area (Å²) in [5, 5.41) is 16.7. The van der Waals surface area contributed by atoms with Crippen LogP contribution in [0.25, 0.3) is 0 Å². The van der Waals surface area contributed by atoms with E-state index in [2.05, 4.69) is 19.1 Å². The van der Waals surface area contributed by atoms with Crippen molar-refractivity contribution in [2.75, 3.05) is 6.61 Å². The Morgan fingerprint density at radius 3 is 1.74 bits per heavy atom. The molecule has 2 N–H and O–H groups in total. The Labute approximate surface area is 168 Å². The van der Waals surface area contributed by atoms with Gasteiger partial charge in [-0.15, -0.1) is 0 Å². The quantitative estimate of drug-likeness (QED) is 0.159. The number of unbranched alkanes of at least 4 members (excludes halogenated alkanes) is 11. The molecule has 0 amide bonds. The van der Waals surface area contributed by atoms with Crippen molar-refractivity contribution >= 4 is 5.97 Å². The van der Waals surface area contributed by atoms with Crippen LogP contribution < -0.4 is 0 Å². The Morgan fingerprint density at radius 2 is 1.26 bits per heavy atom. The van der Waals surface area contributed by atoms with E-state index in [0.717, 1.165) is 12.8 Å². The average molecular weight is 381 g/mol. The average Bonchev–Trinajstić information content (AvgIpc) is 2.65. The highest BCUT2D eigenvalue weighted by atomic mass is 16.4. The number of aliphatic hydroxyl groups excluding tert-OH is 1. The number of carboxylic acids is 1. The first kappa shape index (κ1) is 27.9. The summed E-state index contributed by atoms with van der Waals surface area (Å²) in [6.45, 7) is 4.32. The van der Waals surface area contributed by atoms with Gasteiger partial charge in [-0.25, -0.2) is 0 Å². The lowest BCUT2D eigenvalue weighted by Gasteiger charge is -1.99. The van der Waals surface area contributed by atoms with E-state index in [9.17, 15) is 4.79 Å². The van der Waals surface area contributed by atoms with Crippen molar-refractivity contribution in [3.05, 3.63) is 36.5 Å². The molecule has 158 valence electrons. The van der Waals surface area contributed by atoms with Crippen molar-refractivity contribution in [1.82, 2.24) is 0 Å². The number of aliphatic carboxylic acids is 1. The lowest BCUT2D eigenvalue weighted by Crippen LogP contribution is -1.93. The predicted molar refractivity (Wildman–Crippen MR) is 118 cm³/mol. The zero-order chi connectivity index (χ0) is 20.4. The molecule has 0 aliphatic heterocycles. The molecule has 0 aliphatic rings. The fourth-order valence-electron chi connectivity index (χ4n) is 2.60. The fraction of sp³-hybridized carbons (Fsp3) is 0.708. The zero-order valence-electron chi connectivity index (χ0n) is 17.9. The topological polar surface area (TPSA) is 57.5 Å². The maximum absolute atomic E-state index is 10.3. The fourth-order valence-corrected chi connectivity index (χ4v) is 2.60. The standard InChI is InChI=1S/C18H34O2.C6H10O/c1-2-3-4-5-6-7-8-9-10-11-12-13-14-15-16-17-18(19)20;1-2-3-4-5-6-7/h9-10H,2-8,11-17H2,1H3,(H,19,20);2-5,7H,6H2,1H3/b10-9-;3-2+,5-4+. The van der Waals surface area contributed by atoms with Crippen LogP contribution in [0.15, 0.2) is 36.5 Å². The molecule has 0 heterocycles. The summed E-state index contributed by atoms with van der Waals surface area (Å²) in [7, 11) is 0. The second kappa shape index (κ2) is 26.9. The summed E-state index contributed by atoms with van der Waals surface area (Å²) < 4.78 is 0. The van der Waals surface area contributed by atoms with Gasteiger partial charge in [0.25, 0.3) is 0 Å². The number of hydrogen-bond donors (Lipinski definition) is 2. The van der Waals surface area contributed by atoms with Crippen molar-refractivity contribution in [1.29, 1.82) is 0 Å². The molecule has 0 aliphatic carbocycles. The van der Waals surface area contributed by atoms with Crippen molar-refractivity contribution in [2.45, 2.75) is 104 Å². The van der Waals surface area contributed by atoms with Crippen LogP contribution in [0.3, 0.4) is 0 Å². The highest BCUT2D eigenvalue weighted by Gasteiger charge is 1.95. The van der Waals surface area contributed by atoms with Crippen LogP contribution in [0.5, 0.6) is 0 Å². The summed E-state index contributed by atoms with van der Waals surface area (Å²) >= 11 is 0. The molecule has 0 aromatic carbocycles. The summed E-state index contributed by atoms with van der Waals surface area (Å²) in [6.07, 6.45) is 28.5. The highest BCUT2D eigenvalue weighted by molar-refractivity contribution is 5.66. The maximum Gasteiger partial charge on any atom is 0.303 e. The Morgan fingerprint density at radius 1 is 0.741 bits per heavy atom. The van der Waals surface area contributed by atoms with Crippen molar-refractivity contribution < 1.29 is 15.0 Å². The number of carbonyl (C=O) groups is 1. The van der Waals surface area contributed by atoms with Gasteiger partial charge in [0.15, 0.2) is 0 Å².